The fraction of sp³-hybridized carbons (Fsp3) is 0.286. The fourth-order valence-electron chi connectivity index (χ4n) is 4.98. The van der Waals surface area contributed by atoms with Crippen LogP contribution in [-0.4, -0.2) is 49.5 Å². The molecule has 5 heterocycles. The first-order valence-corrected chi connectivity index (χ1v) is 13.6. The van der Waals surface area contributed by atoms with Crippen LogP contribution in [0.25, 0.3) is 31.7 Å². The molecular formula is C28H27F2N7S. The third kappa shape index (κ3) is 5.27. The minimum atomic E-state index is -0.502. The number of benzene rings is 1. The molecule has 0 radical (unpaired) electrons. The Morgan fingerprint density at radius 3 is 2.68 bits per heavy atom. The number of fused-ring (bicyclic) bond motifs is 1. The number of anilines is 1. The molecule has 0 aliphatic carbocycles. The van der Waals surface area contributed by atoms with E-state index in [0.29, 0.717) is 24.5 Å². The lowest BCUT2D eigenvalue weighted by atomic mass is 9.99. The molecule has 5 aromatic rings. The summed E-state index contributed by atoms with van der Waals surface area (Å²) in [7, 11) is 0. The molecule has 0 bridgehead atoms. The van der Waals surface area contributed by atoms with Gasteiger partial charge in [-0.15, -0.1) is 16.4 Å². The van der Waals surface area contributed by atoms with Gasteiger partial charge in [0, 0.05) is 52.3 Å². The van der Waals surface area contributed by atoms with Crippen molar-refractivity contribution in [2.45, 2.75) is 32.4 Å². The number of aromatic nitrogens is 5. The van der Waals surface area contributed by atoms with Crippen molar-refractivity contribution in [1.29, 1.82) is 0 Å². The number of hydrogen-bond acceptors (Lipinski definition) is 7. The van der Waals surface area contributed by atoms with Gasteiger partial charge in [-0.2, -0.15) is 4.39 Å². The predicted octanol–water partition coefficient (Wildman–Crippen LogP) is 5.99. The van der Waals surface area contributed by atoms with Gasteiger partial charge in [-0.1, -0.05) is 29.8 Å². The summed E-state index contributed by atoms with van der Waals surface area (Å²) >= 11 is 1.50. The van der Waals surface area contributed by atoms with E-state index in [1.165, 1.54) is 42.9 Å². The van der Waals surface area contributed by atoms with Crippen LogP contribution in [0.3, 0.4) is 0 Å². The maximum absolute atomic E-state index is 15.0. The topological polar surface area (TPSA) is 71.8 Å². The van der Waals surface area contributed by atoms with Crippen molar-refractivity contribution in [3.05, 3.63) is 78.5 Å². The Morgan fingerprint density at radius 1 is 0.947 bits per heavy atom. The second-order valence-corrected chi connectivity index (χ2v) is 10.5. The first kappa shape index (κ1) is 24.6. The quantitative estimate of drug-likeness (QED) is 0.248. The zero-order chi connectivity index (χ0) is 25.9. The van der Waals surface area contributed by atoms with Crippen LogP contribution in [0.4, 0.5) is 14.6 Å². The maximum atomic E-state index is 15.0. The summed E-state index contributed by atoms with van der Waals surface area (Å²) in [5.74, 6) is -0.308. The Bertz CT molecular complexity index is 1540. The van der Waals surface area contributed by atoms with Crippen LogP contribution in [-0.2, 0) is 13.1 Å². The molecule has 1 N–H and O–H groups in total. The second-order valence-electron chi connectivity index (χ2n) is 9.48. The van der Waals surface area contributed by atoms with Gasteiger partial charge in [-0.25, -0.2) is 14.4 Å². The molecule has 0 unspecified atom stereocenters. The van der Waals surface area contributed by atoms with Crippen molar-refractivity contribution in [1.82, 2.24) is 29.9 Å². The number of pyridine rings is 2. The maximum Gasteiger partial charge on any atom is 0.213 e. The summed E-state index contributed by atoms with van der Waals surface area (Å²) in [6.45, 7) is 4.01. The van der Waals surface area contributed by atoms with Crippen LogP contribution in [0.15, 0.2) is 61.2 Å². The molecule has 194 valence electrons. The van der Waals surface area contributed by atoms with E-state index in [-0.39, 0.29) is 5.82 Å². The Balaban J connectivity index is 1.32. The van der Waals surface area contributed by atoms with Crippen LogP contribution in [0, 0.1) is 11.8 Å². The Morgan fingerprint density at radius 2 is 1.84 bits per heavy atom. The molecule has 0 atom stereocenters. The van der Waals surface area contributed by atoms with Gasteiger partial charge in [-0.3, -0.25) is 9.58 Å². The molecule has 1 aliphatic heterocycles. The molecule has 10 heteroatoms. The van der Waals surface area contributed by atoms with Gasteiger partial charge in [0.05, 0.1) is 18.9 Å². The number of piperidine rings is 1. The zero-order valence-electron chi connectivity index (χ0n) is 20.8. The average molecular weight is 532 g/mol. The van der Waals surface area contributed by atoms with Gasteiger partial charge in [0.2, 0.25) is 5.95 Å². The van der Waals surface area contributed by atoms with Gasteiger partial charge in [0.1, 0.15) is 11.6 Å². The highest BCUT2D eigenvalue weighted by atomic mass is 32.1. The lowest BCUT2D eigenvalue weighted by Crippen LogP contribution is -2.29. The van der Waals surface area contributed by atoms with Crippen molar-refractivity contribution in [3.8, 4) is 21.6 Å². The smallest absolute Gasteiger partial charge is 0.213 e. The van der Waals surface area contributed by atoms with Crippen molar-refractivity contribution in [3.63, 3.8) is 0 Å². The number of rotatable bonds is 8. The van der Waals surface area contributed by atoms with E-state index >= 15 is 0 Å². The summed E-state index contributed by atoms with van der Waals surface area (Å²) in [6, 6.07) is 11.2. The Kier molecular flexibility index (Phi) is 7.06. The van der Waals surface area contributed by atoms with Gasteiger partial charge < -0.3 is 5.32 Å². The number of halogens is 2. The highest BCUT2D eigenvalue weighted by molar-refractivity contribution is 7.22. The van der Waals surface area contributed by atoms with E-state index in [2.05, 4.69) is 30.5 Å². The van der Waals surface area contributed by atoms with E-state index in [0.717, 1.165) is 51.3 Å². The molecule has 1 aliphatic rings. The summed E-state index contributed by atoms with van der Waals surface area (Å²) in [4.78, 5) is 11.4. The first-order chi connectivity index (χ1) is 18.6. The largest absolute Gasteiger partial charge is 0.368 e. The van der Waals surface area contributed by atoms with Crippen LogP contribution >= 0.6 is 11.3 Å². The standard InChI is InChI=1S/C28H27F2N7S/c29-24-17-33-27(31-7-11-37-12-8-34-35-37)15-23(24)25-13-19-5-4-6-21(28(19)38-25)22-14-26(30)32-16-20(22)18-36-9-2-1-3-10-36/h4-6,8,12-17H,1-3,7,9-11,18H2,(H,31,33). The van der Waals surface area contributed by atoms with E-state index in [4.69, 9.17) is 0 Å². The molecule has 0 spiro atoms. The SMILES string of the molecule is Fc1cc(-c2cccc3cc(-c4cc(NCCn5ccnn5)ncc4F)sc23)c(CN2CCCCC2)cn1. The van der Waals surface area contributed by atoms with Crippen LogP contribution in [0.1, 0.15) is 24.8 Å². The number of likely N-dealkylation sites (tertiary alicyclic amines) is 1. The molecule has 1 saturated heterocycles. The Labute approximate surface area is 223 Å². The minimum Gasteiger partial charge on any atom is -0.368 e. The van der Waals surface area contributed by atoms with Gasteiger partial charge in [-0.05, 0) is 54.6 Å². The zero-order valence-corrected chi connectivity index (χ0v) is 21.6. The molecular weight excluding hydrogens is 504 g/mol. The predicted molar refractivity (Wildman–Crippen MR) is 146 cm³/mol. The molecule has 0 amide bonds. The Hall–Kier alpha value is -3.76. The van der Waals surface area contributed by atoms with Gasteiger partial charge >= 0.3 is 0 Å². The number of hydrogen-bond donors (Lipinski definition) is 1. The van der Waals surface area contributed by atoms with E-state index in [1.54, 1.807) is 29.3 Å². The summed E-state index contributed by atoms with van der Waals surface area (Å²) in [6.07, 6.45) is 9.94. The molecule has 6 rings (SSSR count). The van der Waals surface area contributed by atoms with Gasteiger partial charge in [0.25, 0.3) is 0 Å². The number of nitrogens with zero attached hydrogens (tertiary/aromatic N) is 6. The third-order valence-corrected chi connectivity index (χ3v) is 8.09. The molecule has 4 aromatic heterocycles. The summed E-state index contributed by atoms with van der Waals surface area (Å²) in [5, 5.41) is 12.0. The first-order valence-electron chi connectivity index (χ1n) is 12.8. The van der Waals surface area contributed by atoms with Crippen LogP contribution in [0.5, 0.6) is 0 Å². The second kappa shape index (κ2) is 10.9. The van der Waals surface area contributed by atoms with Crippen molar-refractivity contribution >= 4 is 27.2 Å². The normalized spacial score (nSPS) is 14.3. The molecule has 1 fully saturated rings. The van der Waals surface area contributed by atoms with Crippen molar-refractivity contribution in [2.24, 2.45) is 0 Å². The lowest BCUT2D eigenvalue weighted by molar-refractivity contribution is 0.221. The average Bonchev–Trinajstić information content (AvgIpc) is 3.61. The van der Waals surface area contributed by atoms with Gasteiger partial charge in [0.15, 0.2) is 0 Å². The van der Waals surface area contributed by atoms with E-state index in [1.807, 2.05) is 24.3 Å². The highest BCUT2D eigenvalue weighted by Crippen LogP contribution is 2.41. The van der Waals surface area contributed by atoms with E-state index < -0.39 is 5.95 Å². The summed E-state index contributed by atoms with van der Waals surface area (Å²) in [5.41, 5.74) is 3.26. The lowest BCUT2D eigenvalue weighted by Gasteiger charge is -2.27. The van der Waals surface area contributed by atoms with E-state index in [9.17, 15) is 8.78 Å². The fourth-order valence-corrected chi connectivity index (χ4v) is 6.18. The molecule has 0 saturated carbocycles. The van der Waals surface area contributed by atoms with Crippen molar-refractivity contribution < 1.29 is 8.78 Å². The number of thiophene rings is 1. The summed E-state index contributed by atoms with van der Waals surface area (Å²) < 4.78 is 32.0. The molecule has 1 aromatic carbocycles. The minimum absolute atomic E-state index is 0.388. The van der Waals surface area contributed by atoms with Crippen LogP contribution in [0.2, 0.25) is 0 Å². The van der Waals surface area contributed by atoms with Crippen LogP contribution < -0.4 is 5.32 Å². The van der Waals surface area contributed by atoms with Crippen molar-refractivity contribution in [2.75, 3.05) is 25.0 Å². The monoisotopic (exact) mass is 531 g/mol. The molecule has 7 nitrogen and oxygen atoms in total. The number of nitrogens with one attached hydrogen (secondary N) is 1. The molecule has 38 heavy (non-hydrogen) atoms. The highest BCUT2D eigenvalue weighted by Gasteiger charge is 2.18. The third-order valence-electron chi connectivity index (χ3n) is 6.87.